The molecule has 4 nitrogen and oxygen atoms in total. The summed E-state index contributed by atoms with van der Waals surface area (Å²) in [5.41, 5.74) is 0. The van der Waals surface area contributed by atoms with E-state index in [1.165, 1.54) is 45.3 Å². The molecule has 0 aromatic rings. The molecule has 0 radical (unpaired) electrons. The Bertz CT molecular complexity index is 297. The van der Waals surface area contributed by atoms with Crippen LogP contribution in [0.15, 0.2) is 0 Å². The first-order valence-corrected chi connectivity index (χ1v) is 7.55. The summed E-state index contributed by atoms with van der Waals surface area (Å²) in [6.45, 7) is 4.68. The van der Waals surface area contributed by atoms with Crippen molar-refractivity contribution in [1.29, 1.82) is 0 Å². The predicted octanol–water partition coefficient (Wildman–Crippen LogP) is 0.729. The topological polar surface area (TPSA) is 44.4 Å². The van der Waals surface area contributed by atoms with Crippen molar-refractivity contribution in [2.24, 2.45) is 5.92 Å². The van der Waals surface area contributed by atoms with Gasteiger partial charge in [-0.3, -0.25) is 9.69 Å². The number of hydrogen-bond acceptors (Lipinski definition) is 3. The smallest absolute Gasteiger partial charge is 0.220 e. The maximum atomic E-state index is 11.3. The Labute approximate surface area is 109 Å². The van der Waals surface area contributed by atoms with E-state index in [0.29, 0.717) is 6.04 Å². The van der Waals surface area contributed by atoms with Crippen LogP contribution in [0.2, 0.25) is 0 Å². The highest BCUT2D eigenvalue weighted by Crippen LogP contribution is 2.29. The highest BCUT2D eigenvalue weighted by Gasteiger charge is 2.33. The molecular formula is C14H25N3O. The molecular weight excluding hydrogens is 226 g/mol. The maximum Gasteiger partial charge on any atom is 0.220 e. The van der Waals surface area contributed by atoms with Gasteiger partial charge in [-0.05, 0) is 51.1 Å². The lowest BCUT2D eigenvalue weighted by molar-refractivity contribution is -0.119. The number of carbonyl (C=O) groups is 1. The third-order valence-electron chi connectivity index (χ3n) is 4.49. The number of piperidine rings is 1. The maximum absolute atomic E-state index is 11.3. The molecule has 0 aromatic carbocycles. The fraction of sp³-hybridized carbons (Fsp3) is 0.929. The van der Waals surface area contributed by atoms with Gasteiger partial charge in [0.2, 0.25) is 5.91 Å². The number of amides is 1. The van der Waals surface area contributed by atoms with Crippen LogP contribution in [0.4, 0.5) is 0 Å². The van der Waals surface area contributed by atoms with Crippen molar-refractivity contribution in [2.45, 2.75) is 50.6 Å². The lowest BCUT2D eigenvalue weighted by Gasteiger charge is -2.31. The van der Waals surface area contributed by atoms with Crippen LogP contribution in [0.1, 0.15) is 38.5 Å². The van der Waals surface area contributed by atoms with Crippen LogP contribution in [0.25, 0.3) is 0 Å². The van der Waals surface area contributed by atoms with Gasteiger partial charge in [0.25, 0.3) is 0 Å². The van der Waals surface area contributed by atoms with Crippen LogP contribution < -0.4 is 10.6 Å². The zero-order valence-corrected chi connectivity index (χ0v) is 11.2. The molecule has 2 heterocycles. The van der Waals surface area contributed by atoms with Gasteiger partial charge in [-0.25, -0.2) is 0 Å². The van der Waals surface area contributed by atoms with Crippen LogP contribution in [-0.2, 0) is 4.79 Å². The second-order valence-electron chi connectivity index (χ2n) is 6.20. The SMILES string of the molecule is O=C1CCC(CN(CC2CCCNC2)C2CC2)N1. The minimum atomic E-state index is 0.245. The minimum Gasteiger partial charge on any atom is -0.352 e. The van der Waals surface area contributed by atoms with E-state index in [9.17, 15) is 4.79 Å². The molecule has 18 heavy (non-hydrogen) atoms. The normalized spacial score (nSPS) is 32.8. The Balaban J connectivity index is 1.50. The van der Waals surface area contributed by atoms with Gasteiger partial charge in [-0.1, -0.05) is 0 Å². The number of carbonyl (C=O) groups excluding carboxylic acids is 1. The van der Waals surface area contributed by atoms with Crippen molar-refractivity contribution in [3.8, 4) is 0 Å². The summed E-state index contributed by atoms with van der Waals surface area (Å²) in [5, 5.41) is 6.61. The molecule has 3 fully saturated rings. The number of nitrogens with zero attached hydrogens (tertiary/aromatic N) is 1. The van der Waals surface area contributed by atoms with E-state index in [-0.39, 0.29) is 5.91 Å². The second kappa shape index (κ2) is 5.57. The first kappa shape index (κ1) is 12.4. The molecule has 3 aliphatic rings. The molecule has 2 unspecified atom stereocenters. The Kier molecular flexibility index (Phi) is 3.85. The van der Waals surface area contributed by atoms with Crippen molar-refractivity contribution in [2.75, 3.05) is 26.2 Å². The van der Waals surface area contributed by atoms with Crippen molar-refractivity contribution >= 4 is 5.91 Å². The number of nitrogens with one attached hydrogen (secondary N) is 2. The summed E-state index contributed by atoms with van der Waals surface area (Å²) < 4.78 is 0. The molecule has 4 heteroatoms. The quantitative estimate of drug-likeness (QED) is 0.757. The highest BCUT2D eigenvalue weighted by atomic mass is 16.1. The van der Waals surface area contributed by atoms with E-state index in [2.05, 4.69) is 15.5 Å². The Hall–Kier alpha value is -0.610. The van der Waals surface area contributed by atoms with Crippen LogP contribution in [0, 0.1) is 5.92 Å². The summed E-state index contributed by atoms with van der Waals surface area (Å²) in [6, 6.07) is 1.22. The third kappa shape index (κ3) is 3.23. The molecule has 0 spiro atoms. The largest absolute Gasteiger partial charge is 0.352 e. The summed E-state index contributed by atoms with van der Waals surface area (Å²) >= 11 is 0. The van der Waals surface area contributed by atoms with E-state index in [1.54, 1.807) is 0 Å². The first-order chi connectivity index (χ1) is 8.81. The number of rotatable bonds is 5. The second-order valence-corrected chi connectivity index (χ2v) is 6.20. The van der Waals surface area contributed by atoms with Gasteiger partial charge in [0.15, 0.2) is 0 Å². The third-order valence-corrected chi connectivity index (χ3v) is 4.49. The Morgan fingerprint density at radius 1 is 1.17 bits per heavy atom. The standard InChI is InChI=1S/C14H25N3O/c18-14-6-3-12(16-14)10-17(13-4-5-13)9-11-2-1-7-15-8-11/h11-13,15H,1-10H2,(H,16,18). The van der Waals surface area contributed by atoms with Gasteiger partial charge >= 0.3 is 0 Å². The zero-order chi connectivity index (χ0) is 12.4. The average Bonchev–Trinajstić information content (AvgIpc) is 3.15. The van der Waals surface area contributed by atoms with Crippen LogP contribution >= 0.6 is 0 Å². The van der Waals surface area contributed by atoms with Crippen molar-refractivity contribution in [1.82, 2.24) is 15.5 Å². The van der Waals surface area contributed by atoms with E-state index in [1.807, 2.05) is 0 Å². The molecule has 2 aliphatic heterocycles. The fourth-order valence-corrected chi connectivity index (χ4v) is 3.32. The van der Waals surface area contributed by atoms with Gasteiger partial charge < -0.3 is 10.6 Å². The van der Waals surface area contributed by atoms with Gasteiger partial charge in [-0.15, -0.1) is 0 Å². The summed E-state index contributed by atoms with van der Waals surface area (Å²) in [5.74, 6) is 1.06. The molecule has 1 saturated carbocycles. The van der Waals surface area contributed by atoms with Gasteiger partial charge in [0.1, 0.15) is 0 Å². The average molecular weight is 251 g/mol. The molecule has 1 amide bonds. The van der Waals surface area contributed by atoms with Crippen LogP contribution in [0.3, 0.4) is 0 Å². The minimum absolute atomic E-state index is 0.245. The zero-order valence-electron chi connectivity index (χ0n) is 11.2. The monoisotopic (exact) mass is 251 g/mol. The molecule has 3 rings (SSSR count). The highest BCUT2D eigenvalue weighted by molar-refractivity contribution is 5.78. The van der Waals surface area contributed by atoms with E-state index < -0.39 is 0 Å². The molecule has 2 N–H and O–H groups in total. The van der Waals surface area contributed by atoms with Gasteiger partial charge in [0.05, 0.1) is 0 Å². The molecule has 0 aromatic heterocycles. The number of hydrogen-bond donors (Lipinski definition) is 2. The van der Waals surface area contributed by atoms with E-state index in [0.717, 1.165) is 31.3 Å². The fourth-order valence-electron chi connectivity index (χ4n) is 3.32. The Morgan fingerprint density at radius 3 is 2.67 bits per heavy atom. The summed E-state index contributed by atoms with van der Waals surface area (Å²) in [4.78, 5) is 13.9. The summed E-state index contributed by atoms with van der Waals surface area (Å²) in [7, 11) is 0. The first-order valence-electron chi connectivity index (χ1n) is 7.55. The van der Waals surface area contributed by atoms with Gasteiger partial charge in [0, 0.05) is 31.6 Å². The van der Waals surface area contributed by atoms with E-state index >= 15 is 0 Å². The van der Waals surface area contributed by atoms with Crippen LogP contribution in [0.5, 0.6) is 0 Å². The van der Waals surface area contributed by atoms with Crippen molar-refractivity contribution in [3.05, 3.63) is 0 Å². The predicted molar refractivity (Wildman–Crippen MR) is 71.4 cm³/mol. The van der Waals surface area contributed by atoms with E-state index in [4.69, 9.17) is 0 Å². The molecule has 1 aliphatic carbocycles. The molecule has 2 atom stereocenters. The lowest BCUT2D eigenvalue weighted by Crippen LogP contribution is -2.44. The molecule has 102 valence electrons. The Morgan fingerprint density at radius 2 is 2.06 bits per heavy atom. The van der Waals surface area contributed by atoms with Gasteiger partial charge in [-0.2, -0.15) is 0 Å². The molecule has 2 saturated heterocycles. The van der Waals surface area contributed by atoms with Crippen LogP contribution in [-0.4, -0.2) is 49.1 Å². The van der Waals surface area contributed by atoms with Crippen molar-refractivity contribution in [3.63, 3.8) is 0 Å². The summed E-state index contributed by atoms with van der Waals surface area (Å²) in [6.07, 6.45) is 7.18. The molecule has 0 bridgehead atoms. The van der Waals surface area contributed by atoms with Crippen molar-refractivity contribution < 1.29 is 4.79 Å². The lowest BCUT2D eigenvalue weighted by atomic mass is 9.98.